The lowest BCUT2D eigenvalue weighted by atomic mass is 10.1. The molecule has 0 aromatic heterocycles. The van der Waals surface area contributed by atoms with Crippen LogP contribution in [0.2, 0.25) is 18.1 Å². The summed E-state index contributed by atoms with van der Waals surface area (Å²) in [5, 5.41) is 0.0970. The number of cyclic esters (lactones) is 1. The SMILES string of the molecule is CC(=O)OC[C@H]1C[C@H](O[Si](C)(C)C(C)(C)C)CC(=O)O1. The molecule has 0 spiro atoms. The van der Waals surface area contributed by atoms with Gasteiger partial charge in [0, 0.05) is 13.3 Å². The fourth-order valence-electron chi connectivity index (χ4n) is 1.84. The van der Waals surface area contributed by atoms with E-state index in [2.05, 4.69) is 33.9 Å². The van der Waals surface area contributed by atoms with Crippen molar-refractivity contribution < 1.29 is 23.5 Å². The summed E-state index contributed by atoms with van der Waals surface area (Å²) in [6.45, 7) is 12.3. The van der Waals surface area contributed by atoms with Gasteiger partial charge in [0.25, 0.3) is 0 Å². The average molecular weight is 302 g/mol. The van der Waals surface area contributed by atoms with E-state index in [0.29, 0.717) is 6.42 Å². The molecule has 5 nitrogen and oxygen atoms in total. The molecule has 0 amide bonds. The summed E-state index contributed by atoms with van der Waals surface area (Å²) >= 11 is 0. The Morgan fingerprint density at radius 2 is 2.00 bits per heavy atom. The van der Waals surface area contributed by atoms with E-state index in [1.807, 2.05) is 0 Å². The van der Waals surface area contributed by atoms with Crippen LogP contribution < -0.4 is 0 Å². The van der Waals surface area contributed by atoms with Crippen LogP contribution in [0, 0.1) is 0 Å². The topological polar surface area (TPSA) is 61.8 Å². The summed E-state index contributed by atoms with van der Waals surface area (Å²) in [4.78, 5) is 22.5. The Morgan fingerprint density at radius 1 is 1.40 bits per heavy atom. The second-order valence-corrected chi connectivity index (χ2v) is 11.6. The third kappa shape index (κ3) is 4.90. The Kier molecular flexibility index (Phi) is 5.37. The summed E-state index contributed by atoms with van der Waals surface area (Å²) in [5.41, 5.74) is 0. The zero-order valence-corrected chi connectivity index (χ0v) is 14.3. The fourth-order valence-corrected chi connectivity index (χ4v) is 3.21. The first-order valence-electron chi connectivity index (χ1n) is 7.02. The van der Waals surface area contributed by atoms with Crippen LogP contribution in [0.5, 0.6) is 0 Å². The van der Waals surface area contributed by atoms with Gasteiger partial charge in [-0.15, -0.1) is 0 Å². The molecule has 0 unspecified atom stereocenters. The van der Waals surface area contributed by atoms with Crippen molar-refractivity contribution >= 4 is 20.3 Å². The zero-order chi connectivity index (χ0) is 15.6. The maximum absolute atomic E-state index is 11.6. The van der Waals surface area contributed by atoms with Crippen LogP contribution in [0.3, 0.4) is 0 Å². The van der Waals surface area contributed by atoms with Crippen molar-refractivity contribution in [3.05, 3.63) is 0 Å². The number of rotatable bonds is 4. The van der Waals surface area contributed by atoms with Gasteiger partial charge < -0.3 is 13.9 Å². The fraction of sp³-hybridized carbons (Fsp3) is 0.857. The Hall–Kier alpha value is -0.883. The summed E-state index contributed by atoms with van der Waals surface area (Å²) in [6, 6.07) is 0. The van der Waals surface area contributed by atoms with Gasteiger partial charge in [-0.3, -0.25) is 9.59 Å². The molecule has 1 fully saturated rings. The van der Waals surface area contributed by atoms with Crippen molar-refractivity contribution in [2.24, 2.45) is 0 Å². The molecule has 0 saturated carbocycles. The van der Waals surface area contributed by atoms with E-state index in [4.69, 9.17) is 13.9 Å². The molecule has 0 radical (unpaired) electrons. The molecule has 1 aliphatic heterocycles. The monoisotopic (exact) mass is 302 g/mol. The maximum atomic E-state index is 11.6. The molecule has 0 aromatic rings. The van der Waals surface area contributed by atoms with Crippen LogP contribution in [0.15, 0.2) is 0 Å². The van der Waals surface area contributed by atoms with Gasteiger partial charge in [-0.05, 0) is 18.1 Å². The predicted molar refractivity (Wildman–Crippen MR) is 77.8 cm³/mol. The molecule has 2 atom stereocenters. The van der Waals surface area contributed by atoms with Crippen molar-refractivity contribution in [2.45, 2.75) is 70.9 Å². The Bertz CT molecular complexity index is 372. The van der Waals surface area contributed by atoms with Gasteiger partial charge >= 0.3 is 11.9 Å². The molecule has 20 heavy (non-hydrogen) atoms. The predicted octanol–water partition coefficient (Wildman–Crippen LogP) is 2.65. The standard InChI is InChI=1S/C14H26O5Si/c1-10(15)17-9-12-7-11(8-13(16)18-12)19-20(5,6)14(2,3)4/h11-12H,7-9H2,1-6H3/t11-,12+/m0/s1. The van der Waals surface area contributed by atoms with E-state index in [1.54, 1.807) is 0 Å². The van der Waals surface area contributed by atoms with Gasteiger partial charge in [-0.2, -0.15) is 0 Å². The minimum Gasteiger partial charge on any atom is -0.462 e. The highest BCUT2D eigenvalue weighted by molar-refractivity contribution is 6.74. The lowest BCUT2D eigenvalue weighted by Gasteiger charge is -2.41. The minimum atomic E-state index is -1.91. The van der Waals surface area contributed by atoms with Crippen LogP contribution in [0.1, 0.15) is 40.5 Å². The first kappa shape index (κ1) is 17.2. The molecular formula is C14H26O5Si. The van der Waals surface area contributed by atoms with Crippen LogP contribution in [-0.2, 0) is 23.5 Å². The number of carbonyl (C=O) groups is 2. The number of esters is 2. The molecule has 1 heterocycles. The molecule has 0 bridgehead atoms. The number of hydrogen-bond donors (Lipinski definition) is 0. The number of ether oxygens (including phenoxy) is 2. The molecule has 1 saturated heterocycles. The van der Waals surface area contributed by atoms with E-state index >= 15 is 0 Å². The molecule has 0 aromatic carbocycles. The molecule has 6 heteroatoms. The lowest BCUT2D eigenvalue weighted by molar-refractivity contribution is -0.167. The van der Waals surface area contributed by atoms with Crippen molar-refractivity contribution in [2.75, 3.05) is 6.61 Å². The van der Waals surface area contributed by atoms with Crippen LogP contribution >= 0.6 is 0 Å². The van der Waals surface area contributed by atoms with Gasteiger partial charge in [0.15, 0.2) is 8.32 Å². The van der Waals surface area contributed by atoms with E-state index in [1.165, 1.54) is 6.92 Å². The summed E-state index contributed by atoms with van der Waals surface area (Å²) in [5.74, 6) is -0.648. The summed E-state index contributed by atoms with van der Waals surface area (Å²) in [7, 11) is -1.91. The molecule has 1 aliphatic rings. The lowest BCUT2D eigenvalue weighted by Crippen LogP contribution is -2.47. The molecule has 116 valence electrons. The Balaban J connectivity index is 2.62. The Morgan fingerprint density at radius 3 is 2.50 bits per heavy atom. The van der Waals surface area contributed by atoms with Gasteiger partial charge in [0.1, 0.15) is 12.7 Å². The van der Waals surface area contributed by atoms with Gasteiger partial charge in [-0.25, -0.2) is 0 Å². The van der Waals surface area contributed by atoms with Gasteiger partial charge in [0.05, 0.1) is 12.5 Å². The minimum absolute atomic E-state index is 0.0970. The van der Waals surface area contributed by atoms with E-state index in [-0.39, 0.29) is 36.1 Å². The number of hydrogen-bond acceptors (Lipinski definition) is 5. The smallest absolute Gasteiger partial charge is 0.308 e. The Labute approximate surface area is 122 Å². The van der Waals surface area contributed by atoms with Crippen molar-refractivity contribution in [3.8, 4) is 0 Å². The first-order chi connectivity index (χ1) is 9.01. The van der Waals surface area contributed by atoms with Gasteiger partial charge in [-0.1, -0.05) is 20.8 Å². The zero-order valence-electron chi connectivity index (χ0n) is 13.3. The average Bonchev–Trinajstić information content (AvgIpc) is 2.23. The van der Waals surface area contributed by atoms with Crippen molar-refractivity contribution in [1.29, 1.82) is 0 Å². The number of carbonyl (C=O) groups excluding carboxylic acids is 2. The van der Waals surface area contributed by atoms with Gasteiger partial charge in [0.2, 0.25) is 0 Å². The normalized spacial score (nSPS) is 24.2. The van der Waals surface area contributed by atoms with Crippen molar-refractivity contribution in [1.82, 2.24) is 0 Å². The molecule has 0 N–H and O–H groups in total. The quantitative estimate of drug-likeness (QED) is 0.590. The first-order valence-corrected chi connectivity index (χ1v) is 9.93. The summed E-state index contributed by atoms with van der Waals surface area (Å²) in [6.07, 6.45) is 0.335. The highest BCUT2D eigenvalue weighted by Crippen LogP contribution is 2.38. The molecule has 0 aliphatic carbocycles. The van der Waals surface area contributed by atoms with E-state index < -0.39 is 14.4 Å². The van der Waals surface area contributed by atoms with E-state index in [0.717, 1.165) is 0 Å². The van der Waals surface area contributed by atoms with Crippen LogP contribution in [0.25, 0.3) is 0 Å². The largest absolute Gasteiger partial charge is 0.462 e. The summed E-state index contributed by atoms with van der Waals surface area (Å²) < 4.78 is 16.3. The van der Waals surface area contributed by atoms with Crippen LogP contribution in [0.4, 0.5) is 0 Å². The van der Waals surface area contributed by atoms with E-state index in [9.17, 15) is 9.59 Å². The maximum Gasteiger partial charge on any atom is 0.308 e. The van der Waals surface area contributed by atoms with Crippen molar-refractivity contribution in [3.63, 3.8) is 0 Å². The highest BCUT2D eigenvalue weighted by Gasteiger charge is 2.41. The van der Waals surface area contributed by atoms with Crippen LogP contribution in [-0.4, -0.2) is 39.1 Å². The highest BCUT2D eigenvalue weighted by atomic mass is 28.4. The third-order valence-corrected chi connectivity index (χ3v) is 8.49. The second-order valence-electron chi connectivity index (χ2n) is 6.85. The third-order valence-electron chi connectivity index (χ3n) is 3.96. The second kappa shape index (κ2) is 6.26. The molecular weight excluding hydrogens is 276 g/mol. The molecule has 1 rings (SSSR count).